The van der Waals surface area contributed by atoms with Crippen molar-refractivity contribution in [2.24, 2.45) is 0 Å². The molecule has 0 unspecified atom stereocenters. The van der Waals surface area contributed by atoms with Crippen LogP contribution in [0.4, 0.5) is 5.82 Å². The molecule has 2 aromatic heterocycles. The summed E-state index contributed by atoms with van der Waals surface area (Å²) in [6, 6.07) is 9.48. The highest BCUT2D eigenvalue weighted by atomic mass is 35.5. The van der Waals surface area contributed by atoms with E-state index in [1.807, 2.05) is 35.1 Å². The molecule has 110 valence electrons. The first kappa shape index (κ1) is 13.6. The number of hydrogen-bond donors (Lipinski definition) is 1. The number of aromatic nitrogens is 3. The van der Waals surface area contributed by atoms with Gasteiger partial charge in [0.05, 0.1) is 21.4 Å². The number of fused-ring (bicyclic) bond motifs is 1. The standard InChI is InChI=1S/C16H12Cl2N4/c17-12-4-1-5-13(14(12)18)22-16-11(6-8-20-16)15(21-22)10-3-2-7-19-9-10/h1-5,7,9,20H,6,8H2. The molecule has 0 fully saturated rings. The SMILES string of the molecule is Clc1cccc(-n2nc(-c3cccnc3)c3c2NCC3)c1Cl. The maximum absolute atomic E-state index is 6.35. The average Bonchev–Trinajstić information content (AvgIpc) is 3.13. The van der Waals surface area contributed by atoms with Gasteiger partial charge in [-0.05, 0) is 30.7 Å². The molecule has 0 amide bonds. The quantitative estimate of drug-likeness (QED) is 0.765. The molecule has 0 aliphatic carbocycles. The molecule has 0 saturated heterocycles. The average molecular weight is 331 g/mol. The Bertz CT molecular complexity index is 843. The largest absolute Gasteiger partial charge is 0.369 e. The van der Waals surface area contributed by atoms with Gasteiger partial charge in [-0.2, -0.15) is 5.10 Å². The summed E-state index contributed by atoms with van der Waals surface area (Å²) in [6.45, 7) is 0.888. The highest BCUT2D eigenvalue weighted by Crippen LogP contribution is 2.37. The van der Waals surface area contributed by atoms with E-state index in [0.717, 1.165) is 35.7 Å². The molecule has 6 heteroatoms. The van der Waals surface area contributed by atoms with E-state index >= 15 is 0 Å². The zero-order valence-electron chi connectivity index (χ0n) is 11.6. The lowest BCUT2D eigenvalue weighted by atomic mass is 10.1. The van der Waals surface area contributed by atoms with Gasteiger partial charge in [-0.3, -0.25) is 4.98 Å². The van der Waals surface area contributed by atoms with Gasteiger partial charge in [0, 0.05) is 30.1 Å². The Kier molecular flexibility index (Phi) is 3.28. The molecule has 22 heavy (non-hydrogen) atoms. The Balaban J connectivity index is 1.94. The molecule has 4 rings (SSSR count). The van der Waals surface area contributed by atoms with E-state index < -0.39 is 0 Å². The van der Waals surface area contributed by atoms with E-state index in [2.05, 4.69) is 10.3 Å². The Morgan fingerprint density at radius 3 is 2.86 bits per heavy atom. The molecule has 0 bridgehead atoms. The summed E-state index contributed by atoms with van der Waals surface area (Å²) in [7, 11) is 0. The lowest BCUT2D eigenvalue weighted by molar-refractivity contribution is 0.882. The summed E-state index contributed by atoms with van der Waals surface area (Å²) < 4.78 is 1.83. The van der Waals surface area contributed by atoms with E-state index in [9.17, 15) is 0 Å². The number of nitrogens with one attached hydrogen (secondary N) is 1. The van der Waals surface area contributed by atoms with Gasteiger partial charge in [-0.1, -0.05) is 29.3 Å². The minimum Gasteiger partial charge on any atom is -0.369 e. The molecule has 0 saturated carbocycles. The van der Waals surface area contributed by atoms with Crippen LogP contribution in [0.2, 0.25) is 10.0 Å². The molecule has 4 nitrogen and oxygen atoms in total. The molecular formula is C16H12Cl2N4. The third kappa shape index (κ3) is 2.07. The van der Waals surface area contributed by atoms with E-state index in [1.54, 1.807) is 12.3 Å². The van der Waals surface area contributed by atoms with E-state index in [-0.39, 0.29) is 0 Å². The van der Waals surface area contributed by atoms with E-state index in [1.165, 1.54) is 5.56 Å². The number of hydrogen-bond acceptors (Lipinski definition) is 3. The van der Waals surface area contributed by atoms with Gasteiger partial charge in [0.15, 0.2) is 0 Å². The second-order valence-electron chi connectivity index (χ2n) is 5.08. The van der Waals surface area contributed by atoms with Gasteiger partial charge < -0.3 is 5.32 Å². The smallest absolute Gasteiger partial charge is 0.133 e. The van der Waals surface area contributed by atoms with Crippen LogP contribution in [0.1, 0.15) is 5.56 Å². The molecule has 1 aromatic carbocycles. The van der Waals surface area contributed by atoms with Crippen LogP contribution in [-0.2, 0) is 6.42 Å². The summed E-state index contributed by atoms with van der Waals surface area (Å²) >= 11 is 12.5. The molecule has 3 aromatic rings. The highest BCUT2D eigenvalue weighted by Gasteiger charge is 2.25. The Hall–Kier alpha value is -2.04. The molecule has 0 radical (unpaired) electrons. The zero-order chi connectivity index (χ0) is 15.1. The van der Waals surface area contributed by atoms with Crippen molar-refractivity contribution in [2.75, 3.05) is 11.9 Å². The predicted molar refractivity (Wildman–Crippen MR) is 89.0 cm³/mol. The Morgan fingerprint density at radius 2 is 2.05 bits per heavy atom. The zero-order valence-corrected chi connectivity index (χ0v) is 13.1. The van der Waals surface area contributed by atoms with Crippen LogP contribution in [0.25, 0.3) is 16.9 Å². The summed E-state index contributed by atoms with van der Waals surface area (Å²) in [5.41, 5.74) is 3.89. The summed E-state index contributed by atoms with van der Waals surface area (Å²) in [5.74, 6) is 0.975. The molecule has 0 atom stereocenters. The molecule has 1 N–H and O–H groups in total. The van der Waals surface area contributed by atoms with Gasteiger partial charge in [-0.15, -0.1) is 0 Å². The van der Waals surface area contributed by atoms with Gasteiger partial charge in [0.25, 0.3) is 0 Å². The Morgan fingerprint density at radius 1 is 1.14 bits per heavy atom. The van der Waals surface area contributed by atoms with Crippen molar-refractivity contribution in [2.45, 2.75) is 6.42 Å². The fraction of sp³-hybridized carbons (Fsp3) is 0.125. The lowest BCUT2D eigenvalue weighted by Crippen LogP contribution is -2.05. The van der Waals surface area contributed by atoms with Gasteiger partial charge in [0.1, 0.15) is 5.82 Å². The van der Waals surface area contributed by atoms with Crippen LogP contribution in [0, 0.1) is 0 Å². The van der Waals surface area contributed by atoms with Crippen molar-refractivity contribution in [3.05, 3.63) is 58.3 Å². The van der Waals surface area contributed by atoms with Crippen LogP contribution >= 0.6 is 23.2 Å². The third-order valence-electron chi connectivity index (χ3n) is 3.75. The predicted octanol–water partition coefficient (Wildman–Crippen LogP) is 4.21. The molecule has 1 aliphatic heterocycles. The number of rotatable bonds is 2. The maximum Gasteiger partial charge on any atom is 0.133 e. The number of benzene rings is 1. The van der Waals surface area contributed by atoms with Gasteiger partial charge in [0.2, 0.25) is 0 Å². The molecule has 1 aliphatic rings. The van der Waals surface area contributed by atoms with Gasteiger partial charge in [-0.25, -0.2) is 4.68 Å². The van der Waals surface area contributed by atoms with Gasteiger partial charge >= 0.3 is 0 Å². The summed E-state index contributed by atoms with van der Waals surface area (Å²) in [6.07, 6.45) is 4.51. The number of anilines is 1. The second-order valence-corrected chi connectivity index (χ2v) is 5.86. The molecule has 0 spiro atoms. The monoisotopic (exact) mass is 330 g/mol. The van der Waals surface area contributed by atoms with E-state index in [0.29, 0.717) is 10.0 Å². The first-order valence-corrected chi connectivity index (χ1v) is 7.72. The van der Waals surface area contributed by atoms with Crippen molar-refractivity contribution in [1.82, 2.24) is 14.8 Å². The fourth-order valence-electron chi connectivity index (χ4n) is 2.74. The number of pyridine rings is 1. The summed E-state index contributed by atoms with van der Waals surface area (Å²) in [4.78, 5) is 4.18. The highest BCUT2D eigenvalue weighted by molar-refractivity contribution is 6.43. The first-order chi connectivity index (χ1) is 10.8. The van der Waals surface area contributed by atoms with Crippen molar-refractivity contribution in [3.8, 4) is 16.9 Å². The van der Waals surface area contributed by atoms with Crippen molar-refractivity contribution < 1.29 is 0 Å². The minimum absolute atomic E-state index is 0.501. The first-order valence-electron chi connectivity index (χ1n) is 6.96. The number of nitrogens with zero attached hydrogens (tertiary/aromatic N) is 3. The molecular weight excluding hydrogens is 319 g/mol. The van der Waals surface area contributed by atoms with Crippen LogP contribution in [0.3, 0.4) is 0 Å². The lowest BCUT2D eigenvalue weighted by Gasteiger charge is -2.09. The fourth-order valence-corrected chi connectivity index (χ4v) is 3.12. The maximum atomic E-state index is 6.35. The van der Waals surface area contributed by atoms with Crippen molar-refractivity contribution in [1.29, 1.82) is 0 Å². The van der Waals surface area contributed by atoms with Crippen molar-refractivity contribution in [3.63, 3.8) is 0 Å². The molecule has 3 heterocycles. The number of halogens is 2. The van der Waals surface area contributed by atoms with Crippen LogP contribution in [0.15, 0.2) is 42.7 Å². The normalized spacial score (nSPS) is 13.0. The summed E-state index contributed by atoms with van der Waals surface area (Å²) in [5, 5.41) is 9.15. The van der Waals surface area contributed by atoms with Crippen LogP contribution < -0.4 is 5.32 Å². The topological polar surface area (TPSA) is 42.7 Å². The van der Waals surface area contributed by atoms with E-state index in [4.69, 9.17) is 28.3 Å². The second kappa shape index (κ2) is 5.30. The van der Waals surface area contributed by atoms with Crippen molar-refractivity contribution >= 4 is 29.0 Å². The minimum atomic E-state index is 0.501. The van der Waals surface area contributed by atoms with Crippen LogP contribution in [-0.4, -0.2) is 21.3 Å². The third-order valence-corrected chi connectivity index (χ3v) is 4.55. The van der Waals surface area contributed by atoms with Crippen LogP contribution in [0.5, 0.6) is 0 Å². The Labute approximate surface area is 137 Å².